The highest BCUT2D eigenvalue weighted by atomic mass is 32.2. The third-order valence-corrected chi connectivity index (χ3v) is 5.23. The summed E-state index contributed by atoms with van der Waals surface area (Å²) in [6.45, 7) is 3.86. The van der Waals surface area contributed by atoms with Crippen LogP contribution in [0.2, 0.25) is 0 Å². The molecule has 138 valence electrons. The lowest BCUT2D eigenvalue weighted by atomic mass is 10.2. The highest BCUT2D eigenvalue weighted by Crippen LogP contribution is 2.17. The number of carbonyl (C=O) groups excluding carboxylic acids is 1. The second-order valence-electron chi connectivity index (χ2n) is 6.13. The Balaban J connectivity index is 1.39. The van der Waals surface area contributed by atoms with Crippen molar-refractivity contribution in [1.82, 2.24) is 5.32 Å². The van der Waals surface area contributed by atoms with Crippen LogP contribution in [-0.2, 0) is 21.8 Å². The molecule has 1 heterocycles. The molecule has 0 saturated carbocycles. The molecule has 0 aromatic heterocycles. The third kappa shape index (κ3) is 5.47. The number of halogens is 1. The maximum Gasteiger partial charge on any atom is 0.230 e. The summed E-state index contributed by atoms with van der Waals surface area (Å²) in [7, 11) is 0. The number of thioether (sulfide) groups is 1. The molecule has 0 atom stereocenters. The topological polar surface area (TPSA) is 41.6 Å². The van der Waals surface area contributed by atoms with Gasteiger partial charge in [-0.1, -0.05) is 30.3 Å². The fourth-order valence-electron chi connectivity index (χ4n) is 2.77. The first-order valence-corrected chi connectivity index (χ1v) is 9.87. The van der Waals surface area contributed by atoms with Crippen LogP contribution < -0.4 is 10.2 Å². The fourth-order valence-corrected chi connectivity index (χ4v) is 3.61. The molecular formula is C20H23FN2O2S. The van der Waals surface area contributed by atoms with Crippen molar-refractivity contribution >= 4 is 23.4 Å². The van der Waals surface area contributed by atoms with Crippen molar-refractivity contribution in [2.45, 2.75) is 12.3 Å². The van der Waals surface area contributed by atoms with E-state index in [-0.39, 0.29) is 11.7 Å². The number of nitrogens with one attached hydrogen (secondary N) is 1. The maximum absolute atomic E-state index is 13.5. The highest BCUT2D eigenvalue weighted by Gasteiger charge is 2.11. The Labute approximate surface area is 157 Å². The Morgan fingerprint density at radius 1 is 1.12 bits per heavy atom. The minimum Gasteiger partial charge on any atom is -0.378 e. The molecule has 1 aliphatic rings. The van der Waals surface area contributed by atoms with Crippen LogP contribution in [0.5, 0.6) is 0 Å². The van der Waals surface area contributed by atoms with Crippen molar-refractivity contribution in [2.24, 2.45) is 0 Å². The second-order valence-corrected chi connectivity index (χ2v) is 7.11. The first kappa shape index (κ1) is 18.7. The van der Waals surface area contributed by atoms with Crippen LogP contribution in [0.4, 0.5) is 10.1 Å². The number of morpholine rings is 1. The van der Waals surface area contributed by atoms with Crippen LogP contribution in [0.3, 0.4) is 0 Å². The summed E-state index contributed by atoms with van der Waals surface area (Å²) in [4.78, 5) is 14.3. The Morgan fingerprint density at radius 3 is 2.58 bits per heavy atom. The van der Waals surface area contributed by atoms with Gasteiger partial charge in [0.15, 0.2) is 0 Å². The van der Waals surface area contributed by atoms with E-state index in [9.17, 15) is 9.18 Å². The molecule has 26 heavy (non-hydrogen) atoms. The molecule has 0 unspecified atom stereocenters. The Morgan fingerprint density at radius 2 is 1.85 bits per heavy atom. The van der Waals surface area contributed by atoms with Gasteiger partial charge in [-0.3, -0.25) is 4.79 Å². The summed E-state index contributed by atoms with van der Waals surface area (Å²) < 4.78 is 18.9. The largest absolute Gasteiger partial charge is 0.378 e. The normalized spacial score (nSPS) is 14.3. The SMILES string of the molecule is O=C(CSCc1ccccc1F)NCc1ccc(N2CCOCC2)cc1. The van der Waals surface area contributed by atoms with Gasteiger partial charge in [0.1, 0.15) is 5.82 Å². The van der Waals surface area contributed by atoms with Crippen molar-refractivity contribution in [3.05, 3.63) is 65.5 Å². The predicted molar refractivity (Wildman–Crippen MR) is 104 cm³/mol. The molecule has 4 nitrogen and oxygen atoms in total. The zero-order chi connectivity index (χ0) is 18.2. The molecule has 0 bridgehead atoms. The Bertz CT molecular complexity index is 718. The standard InChI is InChI=1S/C20H23FN2O2S/c21-19-4-2-1-3-17(19)14-26-15-20(24)22-13-16-5-7-18(8-6-16)23-9-11-25-12-10-23/h1-8H,9-15H2,(H,22,24). The molecule has 6 heteroatoms. The van der Waals surface area contributed by atoms with Crippen molar-refractivity contribution in [2.75, 3.05) is 37.0 Å². The van der Waals surface area contributed by atoms with Gasteiger partial charge in [-0.15, -0.1) is 11.8 Å². The minimum absolute atomic E-state index is 0.0383. The first-order valence-electron chi connectivity index (χ1n) is 8.72. The summed E-state index contributed by atoms with van der Waals surface area (Å²) in [6, 6.07) is 14.9. The summed E-state index contributed by atoms with van der Waals surface area (Å²) in [5.74, 6) is 0.554. The van der Waals surface area contributed by atoms with Gasteiger partial charge in [-0.25, -0.2) is 4.39 Å². The van der Waals surface area contributed by atoms with E-state index in [0.29, 0.717) is 23.6 Å². The average Bonchev–Trinajstić information content (AvgIpc) is 2.69. The number of amides is 1. The minimum atomic E-state index is -0.222. The molecular weight excluding hydrogens is 351 g/mol. The van der Waals surface area contributed by atoms with E-state index in [4.69, 9.17) is 4.74 Å². The van der Waals surface area contributed by atoms with Crippen LogP contribution >= 0.6 is 11.8 Å². The lowest BCUT2D eigenvalue weighted by Crippen LogP contribution is -2.36. The van der Waals surface area contributed by atoms with Crippen LogP contribution in [0.25, 0.3) is 0 Å². The average molecular weight is 374 g/mol. The molecule has 1 saturated heterocycles. The number of carbonyl (C=O) groups is 1. The molecule has 2 aromatic rings. The Kier molecular flexibility index (Phi) is 6.91. The third-order valence-electron chi connectivity index (χ3n) is 4.25. The lowest BCUT2D eigenvalue weighted by Gasteiger charge is -2.28. The number of rotatable bonds is 7. The van der Waals surface area contributed by atoms with Crippen LogP contribution in [0.1, 0.15) is 11.1 Å². The van der Waals surface area contributed by atoms with Crippen LogP contribution in [0, 0.1) is 5.82 Å². The van der Waals surface area contributed by atoms with Gasteiger partial charge in [0.25, 0.3) is 0 Å². The summed E-state index contributed by atoms with van der Waals surface area (Å²) in [5, 5.41) is 2.91. The quantitative estimate of drug-likeness (QED) is 0.808. The summed E-state index contributed by atoms with van der Waals surface area (Å²) >= 11 is 1.41. The second kappa shape index (κ2) is 9.59. The molecule has 1 amide bonds. The zero-order valence-electron chi connectivity index (χ0n) is 14.6. The number of ether oxygens (including phenoxy) is 1. The van der Waals surface area contributed by atoms with Crippen LogP contribution in [-0.4, -0.2) is 38.0 Å². The van der Waals surface area contributed by atoms with Gasteiger partial charge in [0.05, 0.1) is 19.0 Å². The molecule has 3 rings (SSSR count). The molecule has 0 spiro atoms. The zero-order valence-corrected chi connectivity index (χ0v) is 15.4. The number of hydrogen-bond acceptors (Lipinski definition) is 4. The molecule has 2 aromatic carbocycles. The van der Waals surface area contributed by atoms with Crippen LogP contribution in [0.15, 0.2) is 48.5 Å². The van der Waals surface area contributed by atoms with E-state index in [1.165, 1.54) is 23.5 Å². The number of anilines is 1. The van der Waals surface area contributed by atoms with Crippen molar-refractivity contribution < 1.29 is 13.9 Å². The van der Waals surface area contributed by atoms with E-state index in [0.717, 1.165) is 31.9 Å². The van der Waals surface area contributed by atoms with Gasteiger partial charge in [0.2, 0.25) is 5.91 Å². The van der Waals surface area contributed by atoms with E-state index < -0.39 is 0 Å². The van der Waals surface area contributed by atoms with E-state index in [2.05, 4.69) is 22.3 Å². The molecule has 1 fully saturated rings. The molecule has 0 radical (unpaired) electrons. The van der Waals surface area contributed by atoms with Crippen molar-refractivity contribution in [3.63, 3.8) is 0 Å². The van der Waals surface area contributed by atoms with Crippen molar-refractivity contribution in [3.8, 4) is 0 Å². The number of nitrogens with zero attached hydrogens (tertiary/aromatic N) is 1. The predicted octanol–water partition coefficient (Wildman–Crippen LogP) is 3.21. The summed E-state index contributed by atoms with van der Waals surface area (Å²) in [6.07, 6.45) is 0. The molecule has 1 aliphatic heterocycles. The van der Waals surface area contributed by atoms with Gasteiger partial charge in [0, 0.05) is 31.1 Å². The van der Waals surface area contributed by atoms with Gasteiger partial charge < -0.3 is 15.0 Å². The Hall–Kier alpha value is -2.05. The first-order chi connectivity index (χ1) is 12.7. The molecule has 0 aliphatic carbocycles. The van der Waals surface area contributed by atoms with E-state index >= 15 is 0 Å². The summed E-state index contributed by atoms with van der Waals surface area (Å²) in [5.41, 5.74) is 2.88. The van der Waals surface area contributed by atoms with Crippen molar-refractivity contribution in [1.29, 1.82) is 0 Å². The smallest absolute Gasteiger partial charge is 0.230 e. The molecule has 1 N–H and O–H groups in total. The number of hydrogen-bond donors (Lipinski definition) is 1. The monoisotopic (exact) mass is 374 g/mol. The lowest BCUT2D eigenvalue weighted by molar-refractivity contribution is -0.118. The van der Waals surface area contributed by atoms with E-state index in [1.807, 2.05) is 12.1 Å². The maximum atomic E-state index is 13.5. The van der Waals surface area contributed by atoms with Gasteiger partial charge >= 0.3 is 0 Å². The van der Waals surface area contributed by atoms with Gasteiger partial charge in [-0.2, -0.15) is 0 Å². The number of benzene rings is 2. The fraction of sp³-hybridized carbons (Fsp3) is 0.350. The highest BCUT2D eigenvalue weighted by molar-refractivity contribution is 7.99. The van der Waals surface area contributed by atoms with E-state index in [1.54, 1.807) is 18.2 Å². The van der Waals surface area contributed by atoms with Gasteiger partial charge in [-0.05, 0) is 29.3 Å².